The van der Waals surface area contributed by atoms with E-state index in [-0.39, 0.29) is 5.91 Å². The lowest BCUT2D eigenvalue weighted by atomic mass is 10.1. The van der Waals surface area contributed by atoms with Crippen LogP contribution in [0.1, 0.15) is 98.8 Å². The number of carbonyl (C=O) groups excluding carboxylic acids is 3. The Morgan fingerprint density at radius 3 is 1.83 bits per heavy atom. The van der Waals surface area contributed by atoms with Crippen LogP contribution in [0.4, 0.5) is 4.79 Å². The fourth-order valence-electron chi connectivity index (χ4n) is 2.86. The number of esters is 1. The first-order chi connectivity index (χ1) is 14.3. The molecule has 0 bridgehead atoms. The van der Waals surface area contributed by atoms with Crippen LogP contribution >= 0.6 is 0 Å². The van der Waals surface area contributed by atoms with E-state index in [1.807, 2.05) is 20.8 Å². The van der Waals surface area contributed by atoms with Gasteiger partial charge < -0.3 is 20.1 Å². The molecule has 2 unspecified atom stereocenters. The molecule has 0 aromatic rings. The Bertz CT molecular complexity index is 482. The number of unbranched alkanes of at least 4 members (excludes halogenated alkanes) is 3. The molecule has 0 spiro atoms. The first kappa shape index (κ1) is 28.2. The van der Waals surface area contributed by atoms with Crippen LogP contribution in [0.3, 0.4) is 0 Å². The first-order valence-electron chi connectivity index (χ1n) is 11.8. The molecule has 0 aromatic heterocycles. The number of amides is 2. The summed E-state index contributed by atoms with van der Waals surface area (Å²) >= 11 is 0. The van der Waals surface area contributed by atoms with Gasteiger partial charge in [0, 0.05) is 0 Å². The molecule has 176 valence electrons. The number of hydrogen-bond acceptors (Lipinski definition) is 5. The second-order valence-corrected chi connectivity index (χ2v) is 8.24. The average Bonchev–Trinajstić information content (AvgIpc) is 2.71. The maximum Gasteiger partial charge on any atom is 0.407 e. The van der Waals surface area contributed by atoms with Gasteiger partial charge in [0.05, 0.1) is 13.2 Å². The lowest BCUT2D eigenvalue weighted by molar-refractivity contribution is -0.148. The number of alkyl carbamates (subject to hydrolysis) is 1. The van der Waals surface area contributed by atoms with Crippen molar-refractivity contribution in [3.05, 3.63) is 0 Å². The van der Waals surface area contributed by atoms with Crippen molar-refractivity contribution in [2.45, 2.75) is 111 Å². The second kappa shape index (κ2) is 18.0. The van der Waals surface area contributed by atoms with E-state index in [2.05, 4.69) is 24.5 Å². The minimum atomic E-state index is -0.725. The van der Waals surface area contributed by atoms with Crippen LogP contribution in [0.15, 0.2) is 0 Å². The fourth-order valence-corrected chi connectivity index (χ4v) is 2.86. The van der Waals surface area contributed by atoms with E-state index in [0.717, 1.165) is 51.4 Å². The van der Waals surface area contributed by atoms with Crippen molar-refractivity contribution in [3.63, 3.8) is 0 Å². The second-order valence-electron chi connectivity index (χ2n) is 8.24. The average molecular weight is 429 g/mol. The van der Waals surface area contributed by atoms with E-state index in [0.29, 0.717) is 32.0 Å². The Balaban J connectivity index is 4.86. The third kappa shape index (κ3) is 14.2. The molecular weight excluding hydrogens is 384 g/mol. The van der Waals surface area contributed by atoms with Crippen LogP contribution in [-0.4, -0.2) is 43.3 Å². The van der Waals surface area contributed by atoms with E-state index in [1.165, 1.54) is 0 Å². The van der Waals surface area contributed by atoms with Gasteiger partial charge in [0.15, 0.2) is 0 Å². The van der Waals surface area contributed by atoms with Crippen LogP contribution in [0.25, 0.3) is 0 Å². The van der Waals surface area contributed by atoms with E-state index in [4.69, 9.17) is 9.47 Å². The summed E-state index contributed by atoms with van der Waals surface area (Å²) in [4.78, 5) is 37.3. The van der Waals surface area contributed by atoms with Gasteiger partial charge >= 0.3 is 12.1 Å². The molecule has 0 fully saturated rings. The van der Waals surface area contributed by atoms with Crippen molar-refractivity contribution >= 4 is 18.0 Å². The molecule has 2 atom stereocenters. The van der Waals surface area contributed by atoms with Gasteiger partial charge in [-0.15, -0.1) is 0 Å². The lowest BCUT2D eigenvalue weighted by Crippen LogP contribution is -2.52. The number of rotatable bonds is 17. The third-order valence-corrected chi connectivity index (χ3v) is 4.80. The predicted molar refractivity (Wildman–Crippen MR) is 119 cm³/mol. The predicted octanol–water partition coefficient (Wildman–Crippen LogP) is 4.73. The highest BCUT2D eigenvalue weighted by Crippen LogP contribution is 2.08. The van der Waals surface area contributed by atoms with Crippen LogP contribution in [0.5, 0.6) is 0 Å². The summed E-state index contributed by atoms with van der Waals surface area (Å²) in [5, 5.41) is 5.45. The minimum absolute atomic E-state index is 0.326. The lowest BCUT2D eigenvalue weighted by Gasteiger charge is -2.22. The van der Waals surface area contributed by atoms with Crippen LogP contribution < -0.4 is 10.6 Å². The number of ether oxygens (including phenoxy) is 2. The van der Waals surface area contributed by atoms with Crippen molar-refractivity contribution in [2.75, 3.05) is 13.2 Å². The van der Waals surface area contributed by atoms with Gasteiger partial charge in [0.2, 0.25) is 5.91 Å². The smallest absolute Gasteiger partial charge is 0.407 e. The topological polar surface area (TPSA) is 93.7 Å². The summed E-state index contributed by atoms with van der Waals surface area (Å²) in [6.07, 6.45) is 7.31. The van der Waals surface area contributed by atoms with Gasteiger partial charge in [-0.1, -0.05) is 66.7 Å². The molecule has 2 N–H and O–H groups in total. The summed E-state index contributed by atoms with van der Waals surface area (Å²) in [6.45, 7) is 11.0. The van der Waals surface area contributed by atoms with Crippen molar-refractivity contribution in [1.82, 2.24) is 10.6 Å². The van der Waals surface area contributed by atoms with Gasteiger partial charge in [0.1, 0.15) is 12.1 Å². The number of nitrogens with one attached hydrogen (secondary N) is 2. The van der Waals surface area contributed by atoms with E-state index in [9.17, 15) is 14.4 Å². The van der Waals surface area contributed by atoms with Gasteiger partial charge in [-0.05, 0) is 38.0 Å². The van der Waals surface area contributed by atoms with Crippen molar-refractivity contribution < 1.29 is 23.9 Å². The molecule has 0 rings (SSSR count). The molecule has 0 aliphatic rings. The van der Waals surface area contributed by atoms with Crippen LogP contribution in [0.2, 0.25) is 0 Å². The van der Waals surface area contributed by atoms with Crippen molar-refractivity contribution in [1.29, 1.82) is 0 Å². The molecule has 7 nitrogen and oxygen atoms in total. The molecule has 7 heteroatoms. The zero-order chi connectivity index (χ0) is 22.8. The molecule has 0 saturated carbocycles. The zero-order valence-corrected chi connectivity index (χ0v) is 19.8. The van der Waals surface area contributed by atoms with E-state index in [1.54, 1.807) is 0 Å². The molecule has 0 saturated heterocycles. The zero-order valence-electron chi connectivity index (χ0n) is 19.8. The van der Waals surface area contributed by atoms with Crippen molar-refractivity contribution in [3.8, 4) is 0 Å². The highest BCUT2D eigenvalue weighted by molar-refractivity contribution is 5.89. The minimum Gasteiger partial charge on any atom is -0.464 e. The maximum atomic E-state index is 12.8. The molecule has 0 heterocycles. The third-order valence-electron chi connectivity index (χ3n) is 4.80. The number of carbonyl (C=O) groups is 3. The highest BCUT2D eigenvalue weighted by Gasteiger charge is 2.27. The van der Waals surface area contributed by atoms with Gasteiger partial charge in [-0.25, -0.2) is 9.59 Å². The Hall–Kier alpha value is -1.79. The van der Waals surface area contributed by atoms with E-state index >= 15 is 0 Å². The molecule has 30 heavy (non-hydrogen) atoms. The fraction of sp³-hybridized carbons (Fsp3) is 0.870. The Morgan fingerprint density at radius 1 is 0.700 bits per heavy atom. The summed E-state index contributed by atoms with van der Waals surface area (Å²) in [5.74, 6) is -0.210. The summed E-state index contributed by atoms with van der Waals surface area (Å²) < 4.78 is 10.5. The summed E-state index contributed by atoms with van der Waals surface area (Å²) in [6, 6.07) is -1.42. The molecule has 0 radical (unpaired) electrons. The van der Waals surface area contributed by atoms with Gasteiger partial charge in [-0.3, -0.25) is 4.79 Å². The molecule has 0 aliphatic heterocycles. The summed E-state index contributed by atoms with van der Waals surface area (Å²) in [7, 11) is 0. The number of hydrogen-bond donors (Lipinski definition) is 2. The SMILES string of the molecule is CCCCOC(=O)NC(CCCC)C(=O)NC(CCCC)C(=O)OCCCC(C)C. The highest BCUT2D eigenvalue weighted by atomic mass is 16.5. The molecular formula is C23H44N2O5. The quantitative estimate of drug-likeness (QED) is 0.258. The Morgan fingerprint density at radius 2 is 1.27 bits per heavy atom. The molecule has 0 aromatic carbocycles. The van der Waals surface area contributed by atoms with Gasteiger partial charge in [-0.2, -0.15) is 0 Å². The van der Waals surface area contributed by atoms with Crippen LogP contribution in [0, 0.1) is 5.92 Å². The van der Waals surface area contributed by atoms with Crippen molar-refractivity contribution in [2.24, 2.45) is 5.92 Å². The standard InChI is InChI=1S/C23H44N2O5/c1-6-9-14-19(25-23(28)30-16-11-8-3)21(26)24-20(15-10-7-2)22(27)29-17-12-13-18(4)5/h18-20H,6-17H2,1-5H3,(H,24,26)(H,25,28). The van der Waals surface area contributed by atoms with E-state index < -0.39 is 24.1 Å². The Kier molecular flexibility index (Phi) is 16.9. The maximum absolute atomic E-state index is 12.8. The monoisotopic (exact) mass is 428 g/mol. The summed E-state index contributed by atoms with van der Waals surface area (Å²) in [5.41, 5.74) is 0. The molecule has 2 amide bonds. The first-order valence-corrected chi connectivity index (χ1v) is 11.8. The van der Waals surface area contributed by atoms with Gasteiger partial charge in [0.25, 0.3) is 0 Å². The molecule has 0 aliphatic carbocycles. The largest absolute Gasteiger partial charge is 0.464 e. The Labute approximate surface area is 183 Å². The normalized spacial score (nSPS) is 12.9. The van der Waals surface area contributed by atoms with Crippen LogP contribution in [-0.2, 0) is 19.1 Å².